The Balaban J connectivity index is 2.26. The maximum atomic E-state index is 6.34. The molecule has 0 atom stereocenters. The fraction of sp³-hybridized carbons (Fsp3) is 0.158. The molecule has 0 fully saturated rings. The number of nitrogens with two attached hydrogens (primary N) is 1. The normalized spacial score (nSPS) is 13.7. The summed E-state index contributed by atoms with van der Waals surface area (Å²) in [5.41, 5.74) is 11.1. The van der Waals surface area contributed by atoms with Gasteiger partial charge >= 0.3 is 0 Å². The zero-order valence-corrected chi connectivity index (χ0v) is 14.3. The molecule has 0 heterocycles. The van der Waals surface area contributed by atoms with E-state index in [-0.39, 0.29) is 0 Å². The summed E-state index contributed by atoms with van der Waals surface area (Å²) < 4.78 is 0. The molecule has 2 aromatic carbocycles. The zero-order valence-electron chi connectivity index (χ0n) is 13.5. The third kappa shape index (κ3) is 4.54. The Morgan fingerprint density at radius 3 is 2.09 bits per heavy atom. The van der Waals surface area contributed by atoms with Gasteiger partial charge in [0.15, 0.2) is 0 Å². The lowest BCUT2D eigenvalue weighted by Gasteiger charge is -2.06. The quantitative estimate of drug-likeness (QED) is 0.640. The second-order valence-electron chi connectivity index (χ2n) is 5.33. The summed E-state index contributed by atoms with van der Waals surface area (Å²) in [4.78, 5) is 0. The van der Waals surface area contributed by atoms with Crippen LogP contribution >= 0.6 is 11.6 Å². The molecular formula is C19H20ClN3. The molecule has 3 nitrogen and oxygen atoms in total. The van der Waals surface area contributed by atoms with E-state index in [0.717, 1.165) is 16.8 Å². The van der Waals surface area contributed by atoms with Gasteiger partial charge in [-0.15, -0.1) is 0 Å². The van der Waals surface area contributed by atoms with Crippen molar-refractivity contribution in [1.29, 1.82) is 0 Å². The minimum atomic E-state index is 0.415. The van der Waals surface area contributed by atoms with Crippen molar-refractivity contribution in [3.05, 3.63) is 76.3 Å². The number of benzene rings is 2. The van der Waals surface area contributed by atoms with Crippen molar-refractivity contribution in [3.63, 3.8) is 0 Å². The van der Waals surface area contributed by atoms with Crippen molar-refractivity contribution in [2.75, 3.05) is 0 Å². The second-order valence-corrected chi connectivity index (χ2v) is 5.71. The lowest BCUT2D eigenvalue weighted by atomic mass is 10.1. The molecule has 0 spiro atoms. The average Bonchev–Trinajstić information content (AvgIpc) is 2.59. The van der Waals surface area contributed by atoms with Gasteiger partial charge < -0.3 is 5.73 Å². The number of aryl methyl sites for hydroxylation is 1. The Labute approximate surface area is 142 Å². The Bertz CT molecular complexity index is 757. The number of nitrogens with zero attached hydrogens (tertiary/aromatic N) is 2. The highest BCUT2D eigenvalue weighted by atomic mass is 35.5. The summed E-state index contributed by atoms with van der Waals surface area (Å²) in [7, 11) is 0. The first-order valence-electron chi connectivity index (χ1n) is 7.36. The van der Waals surface area contributed by atoms with E-state index in [1.165, 1.54) is 5.56 Å². The van der Waals surface area contributed by atoms with E-state index < -0.39 is 0 Å². The van der Waals surface area contributed by atoms with Crippen LogP contribution in [0.3, 0.4) is 0 Å². The van der Waals surface area contributed by atoms with Gasteiger partial charge in [0, 0.05) is 0 Å². The molecule has 0 bridgehead atoms. The second kappa shape index (κ2) is 7.75. The Kier molecular flexibility index (Phi) is 5.72. The van der Waals surface area contributed by atoms with Gasteiger partial charge in [-0.2, -0.15) is 10.2 Å². The molecule has 0 aliphatic carbocycles. The summed E-state index contributed by atoms with van der Waals surface area (Å²) >= 11 is 6.34. The highest BCUT2D eigenvalue weighted by Crippen LogP contribution is 2.18. The lowest BCUT2D eigenvalue weighted by Crippen LogP contribution is -2.04. The van der Waals surface area contributed by atoms with Gasteiger partial charge in [-0.3, -0.25) is 0 Å². The van der Waals surface area contributed by atoms with Crippen LogP contribution in [0.5, 0.6) is 0 Å². The molecule has 23 heavy (non-hydrogen) atoms. The largest absolute Gasteiger partial charge is 0.397 e. The minimum Gasteiger partial charge on any atom is -0.397 e. The van der Waals surface area contributed by atoms with Gasteiger partial charge in [0.2, 0.25) is 0 Å². The van der Waals surface area contributed by atoms with Crippen LogP contribution in [-0.2, 0) is 0 Å². The summed E-state index contributed by atoms with van der Waals surface area (Å²) in [6.07, 6.45) is 0. The number of hydrogen-bond acceptors (Lipinski definition) is 3. The molecule has 118 valence electrons. The van der Waals surface area contributed by atoms with Gasteiger partial charge in [0.25, 0.3) is 0 Å². The van der Waals surface area contributed by atoms with Gasteiger partial charge in [0.05, 0.1) is 22.2 Å². The summed E-state index contributed by atoms with van der Waals surface area (Å²) in [6, 6.07) is 17.8. The average molecular weight is 326 g/mol. The van der Waals surface area contributed by atoms with Crippen LogP contribution in [0.2, 0.25) is 0 Å². The molecule has 0 aliphatic heterocycles. The van der Waals surface area contributed by atoms with Crippen LogP contribution in [0.4, 0.5) is 0 Å². The molecule has 4 heteroatoms. The predicted molar refractivity (Wildman–Crippen MR) is 99.9 cm³/mol. The third-order valence-corrected chi connectivity index (χ3v) is 3.94. The molecule has 2 rings (SSSR count). The van der Waals surface area contributed by atoms with E-state index in [1.54, 1.807) is 6.92 Å². The van der Waals surface area contributed by atoms with Gasteiger partial charge in [-0.1, -0.05) is 71.8 Å². The van der Waals surface area contributed by atoms with Gasteiger partial charge in [-0.05, 0) is 31.9 Å². The molecule has 0 saturated carbocycles. The first kappa shape index (κ1) is 17.0. The van der Waals surface area contributed by atoms with Crippen LogP contribution in [0, 0.1) is 6.92 Å². The molecule has 0 aliphatic rings. The highest BCUT2D eigenvalue weighted by Gasteiger charge is 2.07. The molecule has 0 saturated heterocycles. The van der Waals surface area contributed by atoms with Gasteiger partial charge in [0.1, 0.15) is 0 Å². The maximum absolute atomic E-state index is 6.34. The van der Waals surface area contributed by atoms with Crippen molar-refractivity contribution in [1.82, 2.24) is 0 Å². The SMILES string of the molecule is CC(=N/N=C(/C)c1ccccc1)/C(Cl)=C(\N)c1ccc(C)cc1. The van der Waals surface area contributed by atoms with Crippen LogP contribution in [0.1, 0.15) is 30.5 Å². The molecule has 0 unspecified atom stereocenters. The first-order valence-corrected chi connectivity index (χ1v) is 7.73. The molecular weight excluding hydrogens is 306 g/mol. The van der Waals surface area contributed by atoms with Crippen LogP contribution < -0.4 is 5.73 Å². The standard InChI is InChI=1S/C19H20ClN3/c1-13-9-11-17(12-10-13)19(21)18(20)15(3)23-22-14(2)16-7-5-4-6-8-16/h4-12H,21H2,1-3H3/b19-18+,22-14-,23-15-. The van der Waals surface area contributed by atoms with E-state index in [0.29, 0.717) is 16.4 Å². The summed E-state index contributed by atoms with van der Waals surface area (Å²) in [5.74, 6) is 0. The number of halogens is 1. The maximum Gasteiger partial charge on any atom is 0.0872 e. The zero-order chi connectivity index (χ0) is 16.8. The summed E-state index contributed by atoms with van der Waals surface area (Å²) in [5, 5.41) is 8.85. The van der Waals surface area contributed by atoms with E-state index in [4.69, 9.17) is 17.3 Å². The number of allylic oxidation sites excluding steroid dienone is 1. The fourth-order valence-corrected chi connectivity index (χ4v) is 2.13. The van der Waals surface area contributed by atoms with Crippen LogP contribution in [-0.4, -0.2) is 11.4 Å². The van der Waals surface area contributed by atoms with Crippen molar-refractivity contribution in [2.45, 2.75) is 20.8 Å². The van der Waals surface area contributed by atoms with E-state index in [2.05, 4.69) is 10.2 Å². The van der Waals surface area contributed by atoms with Crippen LogP contribution in [0.15, 0.2) is 69.8 Å². The smallest absolute Gasteiger partial charge is 0.0872 e. The topological polar surface area (TPSA) is 50.7 Å². The van der Waals surface area contributed by atoms with Crippen molar-refractivity contribution in [3.8, 4) is 0 Å². The highest BCUT2D eigenvalue weighted by molar-refractivity contribution is 6.46. The van der Waals surface area contributed by atoms with Crippen molar-refractivity contribution >= 4 is 28.7 Å². The Hall–Kier alpha value is -2.39. The lowest BCUT2D eigenvalue weighted by molar-refractivity contribution is 1.22. The monoisotopic (exact) mass is 325 g/mol. The third-order valence-electron chi connectivity index (χ3n) is 3.46. The first-order chi connectivity index (χ1) is 11.0. The number of hydrogen-bond donors (Lipinski definition) is 1. The molecule has 2 N–H and O–H groups in total. The predicted octanol–water partition coefficient (Wildman–Crippen LogP) is 4.75. The molecule has 0 aromatic heterocycles. The van der Waals surface area contributed by atoms with E-state index >= 15 is 0 Å². The van der Waals surface area contributed by atoms with Crippen molar-refractivity contribution in [2.24, 2.45) is 15.9 Å². The van der Waals surface area contributed by atoms with Crippen LogP contribution in [0.25, 0.3) is 5.70 Å². The number of rotatable bonds is 4. The molecule has 2 aromatic rings. The van der Waals surface area contributed by atoms with E-state index in [9.17, 15) is 0 Å². The van der Waals surface area contributed by atoms with Crippen molar-refractivity contribution < 1.29 is 0 Å². The fourth-order valence-electron chi connectivity index (χ4n) is 1.99. The Morgan fingerprint density at radius 1 is 0.870 bits per heavy atom. The Morgan fingerprint density at radius 2 is 1.48 bits per heavy atom. The minimum absolute atomic E-state index is 0.415. The molecule has 0 amide bonds. The van der Waals surface area contributed by atoms with E-state index in [1.807, 2.05) is 68.4 Å². The van der Waals surface area contributed by atoms with Gasteiger partial charge in [-0.25, -0.2) is 0 Å². The molecule has 0 radical (unpaired) electrons. The summed E-state index contributed by atoms with van der Waals surface area (Å²) in [6.45, 7) is 5.73.